The number of benzene rings is 2. The van der Waals surface area contributed by atoms with Crippen LogP contribution in [0.3, 0.4) is 0 Å². The molecular formula is C13H9NO3. The highest BCUT2D eigenvalue weighted by atomic mass is 16.6. The Morgan fingerprint density at radius 2 is 1.82 bits per heavy atom. The molecule has 84 valence electrons. The number of nitro benzene ring substituents is 1. The number of non-ortho nitro benzene ring substituents is 1. The van der Waals surface area contributed by atoms with Gasteiger partial charge in [0.1, 0.15) is 11.5 Å². The van der Waals surface area contributed by atoms with Crippen LogP contribution in [0.25, 0.3) is 0 Å². The van der Waals surface area contributed by atoms with Crippen molar-refractivity contribution in [3.63, 3.8) is 0 Å². The third-order valence-corrected chi connectivity index (χ3v) is 2.83. The molecule has 1 aliphatic rings. The Labute approximate surface area is 97.6 Å². The smallest absolute Gasteiger partial charge is 0.269 e. The van der Waals surface area contributed by atoms with E-state index in [9.17, 15) is 10.1 Å². The maximum atomic E-state index is 10.7. The highest BCUT2D eigenvalue weighted by molar-refractivity contribution is 5.53. The zero-order chi connectivity index (χ0) is 11.8. The van der Waals surface area contributed by atoms with Crippen LogP contribution in [0.5, 0.6) is 11.5 Å². The molecule has 0 N–H and O–H groups in total. The summed E-state index contributed by atoms with van der Waals surface area (Å²) >= 11 is 0. The summed E-state index contributed by atoms with van der Waals surface area (Å²) in [7, 11) is 0. The van der Waals surface area contributed by atoms with Crippen LogP contribution in [-0.2, 0) is 6.42 Å². The summed E-state index contributed by atoms with van der Waals surface area (Å²) in [5.41, 5.74) is 2.02. The first kappa shape index (κ1) is 9.84. The molecule has 0 fully saturated rings. The molecule has 3 rings (SSSR count). The molecule has 0 saturated heterocycles. The van der Waals surface area contributed by atoms with Gasteiger partial charge in [0.05, 0.1) is 4.92 Å². The van der Waals surface area contributed by atoms with Gasteiger partial charge in [-0.15, -0.1) is 0 Å². The van der Waals surface area contributed by atoms with Gasteiger partial charge < -0.3 is 4.74 Å². The molecule has 0 aromatic heterocycles. The standard InChI is InChI=1S/C13H9NO3/c15-14(16)11-5-6-13-10(8-11)7-9-3-1-2-4-12(9)17-13/h1-6,8H,7H2. The van der Waals surface area contributed by atoms with Crippen LogP contribution in [-0.4, -0.2) is 4.92 Å². The minimum absolute atomic E-state index is 0.103. The van der Waals surface area contributed by atoms with Gasteiger partial charge in [-0.05, 0) is 17.7 Å². The van der Waals surface area contributed by atoms with Gasteiger partial charge in [0.25, 0.3) is 5.69 Å². The molecule has 2 aromatic carbocycles. The van der Waals surface area contributed by atoms with Crippen molar-refractivity contribution in [1.82, 2.24) is 0 Å². The van der Waals surface area contributed by atoms with Gasteiger partial charge in [0.2, 0.25) is 0 Å². The number of fused-ring (bicyclic) bond motifs is 2. The molecule has 4 nitrogen and oxygen atoms in total. The predicted octanol–water partition coefficient (Wildman–Crippen LogP) is 3.29. The average molecular weight is 227 g/mol. The van der Waals surface area contributed by atoms with Gasteiger partial charge in [-0.3, -0.25) is 10.1 Å². The van der Waals surface area contributed by atoms with E-state index in [0.29, 0.717) is 12.2 Å². The third kappa shape index (κ3) is 1.63. The minimum atomic E-state index is -0.388. The van der Waals surface area contributed by atoms with Crippen molar-refractivity contribution in [3.05, 3.63) is 63.7 Å². The zero-order valence-electron chi connectivity index (χ0n) is 8.92. The van der Waals surface area contributed by atoms with E-state index in [4.69, 9.17) is 4.74 Å². The number of hydrogen-bond donors (Lipinski definition) is 0. The average Bonchev–Trinajstić information content (AvgIpc) is 2.35. The van der Waals surface area contributed by atoms with Crippen LogP contribution in [0.1, 0.15) is 11.1 Å². The maximum absolute atomic E-state index is 10.7. The SMILES string of the molecule is O=[N+]([O-])c1ccc2c(c1)Cc1ccccc1O2. The van der Waals surface area contributed by atoms with Crippen molar-refractivity contribution in [2.24, 2.45) is 0 Å². The molecule has 2 aromatic rings. The molecule has 0 amide bonds. The van der Waals surface area contributed by atoms with Crippen molar-refractivity contribution < 1.29 is 9.66 Å². The van der Waals surface area contributed by atoms with Crippen molar-refractivity contribution in [1.29, 1.82) is 0 Å². The molecule has 17 heavy (non-hydrogen) atoms. The fourth-order valence-corrected chi connectivity index (χ4v) is 1.99. The van der Waals surface area contributed by atoms with Gasteiger partial charge in [-0.1, -0.05) is 18.2 Å². The zero-order valence-corrected chi connectivity index (χ0v) is 8.92. The summed E-state index contributed by atoms with van der Waals surface area (Å²) in [5.74, 6) is 1.53. The summed E-state index contributed by atoms with van der Waals surface area (Å²) in [4.78, 5) is 10.3. The highest BCUT2D eigenvalue weighted by Crippen LogP contribution is 2.37. The van der Waals surface area contributed by atoms with Crippen LogP contribution >= 0.6 is 0 Å². The van der Waals surface area contributed by atoms with Gasteiger partial charge in [0.15, 0.2) is 0 Å². The second kappa shape index (κ2) is 3.59. The number of nitrogens with zero attached hydrogens (tertiary/aromatic N) is 1. The Balaban J connectivity index is 2.06. The Hall–Kier alpha value is -2.36. The predicted molar refractivity (Wildman–Crippen MR) is 62.4 cm³/mol. The third-order valence-electron chi connectivity index (χ3n) is 2.83. The number of para-hydroxylation sites is 1. The summed E-state index contributed by atoms with van der Waals surface area (Å²) in [5, 5.41) is 10.7. The second-order valence-electron chi connectivity index (χ2n) is 3.94. The number of rotatable bonds is 1. The van der Waals surface area contributed by atoms with Crippen molar-refractivity contribution in [2.75, 3.05) is 0 Å². The first-order valence-corrected chi connectivity index (χ1v) is 5.27. The van der Waals surface area contributed by atoms with E-state index in [-0.39, 0.29) is 10.6 Å². The molecule has 0 atom stereocenters. The molecule has 0 radical (unpaired) electrons. The molecular weight excluding hydrogens is 218 g/mol. The first-order chi connectivity index (χ1) is 8.24. The largest absolute Gasteiger partial charge is 0.457 e. The molecule has 0 saturated carbocycles. The minimum Gasteiger partial charge on any atom is -0.457 e. The summed E-state index contributed by atoms with van der Waals surface area (Å²) < 4.78 is 5.69. The fourth-order valence-electron chi connectivity index (χ4n) is 1.99. The van der Waals surface area contributed by atoms with Crippen molar-refractivity contribution >= 4 is 5.69 Å². The normalized spacial score (nSPS) is 12.2. The van der Waals surface area contributed by atoms with Crippen LogP contribution in [0.15, 0.2) is 42.5 Å². The molecule has 4 heteroatoms. The Kier molecular flexibility index (Phi) is 2.08. The summed E-state index contributed by atoms with van der Waals surface area (Å²) in [6.45, 7) is 0. The van der Waals surface area contributed by atoms with Gasteiger partial charge in [-0.2, -0.15) is 0 Å². The molecule has 0 unspecified atom stereocenters. The van der Waals surface area contributed by atoms with E-state index < -0.39 is 0 Å². The number of nitro groups is 1. The van der Waals surface area contributed by atoms with Crippen LogP contribution in [0.4, 0.5) is 5.69 Å². The lowest BCUT2D eigenvalue weighted by molar-refractivity contribution is -0.384. The Morgan fingerprint density at radius 1 is 1.06 bits per heavy atom. The Morgan fingerprint density at radius 3 is 2.65 bits per heavy atom. The number of ether oxygens (including phenoxy) is 1. The second-order valence-corrected chi connectivity index (χ2v) is 3.94. The number of hydrogen-bond acceptors (Lipinski definition) is 3. The summed E-state index contributed by atoms with van der Waals surface area (Å²) in [6.07, 6.45) is 0.674. The van der Waals surface area contributed by atoms with E-state index in [1.165, 1.54) is 6.07 Å². The molecule has 0 spiro atoms. The molecule has 0 aliphatic carbocycles. The highest BCUT2D eigenvalue weighted by Gasteiger charge is 2.19. The molecule has 0 bridgehead atoms. The van der Waals surface area contributed by atoms with E-state index >= 15 is 0 Å². The van der Waals surface area contributed by atoms with Gasteiger partial charge in [-0.25, -0.2) is 0 Å². The van der Waals surface area contributed by atoms with Crippen molar-refractivity contribution in [3.8, 4) is 11.5 Å². The van der Waals surface area contributed by atoms with Crippen molar-refractivity contribution in [2.45, 2.75) is 6.42 Å². The Bertz CT molecular complexity index is 607. The lowest BCUT2D eigenvalue weighted by Gasteiger charge is -2.19. The van der Waals surface area contributed by atoms with Crippen LogP contribution in [0.2, 0.25) is 0 Å². The molecule has 1 heterocycles. The van der Waals surface area contributed by atoms with E-state index in [1.807, 2.05) is 24.3 Å². The quantitative estimate of drug-likeness (QED) is 0.473. The van der Waals surface area contributed by atoms with E-state index in [1.54, 1.807) is 12.1 Å². The topological polar surface area (TPSA) is 52.4 Å². The lowest BCUT2D eigenvalue weighted by Crippen LogP contribution is -2.03. The van der Waals surface area contributed by atoms with E-state index in [0.717, 1.165) is 16.9 Å². The van der Waals surface area contributed by atoms with Crippen LogP contribution < -0.4 is 4.74 Å². The maximum Gasteiger partial charge on any atom is 0.269 e. The summed E-state index contributed by atoms with van der Waals surface area (Å²) in [6, 6.07) is 12.4. The molecule has 1 aliphatic heterocycles. The van der Waals surface area contributed by atoms with Crippen LogP contribution in [0, 0.1) is 10.1 Å². The van der Waals surface area contributed by atoms with E-state index in [2.05, 4.69) is 0 Å². The first-order valence-electron chi connectivity index (χ1n) is 5.27. The fraction of sp³-hybridized carbons (Fsp3) is 0.0769. The van der Waals surface area contributed by atoms with Gasteiger partial charge >= 0.3 is 0 Å². The van der Waals surface area contributed by atoms with Gasteiger partial charge in [0, 0.05) is 24.1 Å². The monoisotopic (exact) mass is 227 g/mol. The lowest BCUT2D eigenvalue weighted by atomic mass is 10.00.